The van der Waals surface area contributed by atoms with Crippen LogP contribution in [0.15, 0.2) is 131 Å². The Balaban J connectivity index is 0.929. The maximum atomic E-state index is 15.3. The number of hydrogen-bond acceptors (Lipinski definition) is 11. The molecule has 1 aromatic heterocycles. The molecule has 418 valence electrons. The summed E-state index contributed by atoms with van der Waals surface area (Å²) in [5.74, 6) is -0.233. The normalized spacial score (nSPS) is 19.2. The number of likely N-dealkylation sites (tertiary alicyclic amines) is 1. The molecule has 1 unspecified atom stereocenters. The molecule has 0 amide bonds. The smallest absolute Gasteiger partial charge is 0.341 e. The van der Waals surface area contributed by atoms with Crippen LogP contribution in [-0.2, 0) is 19.0 Å². The summed E-state index contributed by atoms with van der Waals surface area (Å²) >= 11 is 7.78. The fraction of sp³-hybridized carbons (Fsp3) is 0.379. The third kappa shape index (κ3) is 12.6. The Kier molecular flexibility index (Phi) is 18.4. The molecule has 3 aliphatic rings. The van der Waals surface area contributed by atoms with Gasteiger partial charge >= 0.3 is 136 Å². The first kappa shape index (κ1) is 58.4. The van der Waals surface area contributed by atoms with E-state index in [1.165, 1.54) is 23.9 Å². The van der Waals surface area contributed by atoms with Crippen molar-refractivity contribution in [1.82, 2.24) is 14.3 Å². The van der Waals surface area contributed by atoms with Gasteiger partial charge in [-0.2, -0.15) is 13.2 Å². The van der Waals surface area contributed by atoms with E-state index < -0.39 is 45.2 Å². The number of hydroxylamine groups is 1. The Morgan fingerprint density at radius 2 is 1.52 bits per heavy atom. The Hall–Kier alpha value is -5.25. The fourth-order valence-electron chi connectivity index (χ4n) is 11.4. The molecule has 79 heavy (non-hydrogen) atoms. The van der Waals surface area contributed by atoms with Crippen molar-refractivity contribution in [2.24, 2.45) is 5.92 Å². The van der Waals surface area contributed by atoms with Crippen LogP contribution in [0.2, 0.25) is 5.02 Å². The number of rotatable bonds is 18. The van der Waals surface area contributed by atoms with Crippen molar-refractivity contribution in [3.05, 3.63) is 143 Å². The summed E-state index contributed by atoms with van der Waals surface area (Å²) in [6.07, 6.45) is 3.10. The first-order chi connectivity index (χ1) is 37.8. The topological polar surface area (TPSA) is 156 Å². The Morgan fingerprint density at radius 3 is 2.15 bits per heavy atom. The quantitative estimate of drug-likeness (QED) is 0.0553. The van der Waals surface area contributed by atoms with E-state index in [1.807, 2.05) is 112 Å². The van der Waals surface area contributed by atoms with Crippen LogP contribution in [0.3, 0.4) is 0 Å². The summed E-state index contributed by atoms with van der Waals surface area (Å²) in [6.45, 7) is 10.6. The number of nitrogens with one attached hydrogen (secondary N) is 1. The van der Waals surface area contributed by atoms with Gasteiger partial charge in [0.25, 0.3) is 9.84 Å². The first-order valence-electron chi connectivity index (χ1n) is 26.5. The summed E-state index contributed by atoms with van der Waals surface area (Å²) in [5, 5.41) is 25.5. The van der Waals surface area contributed by atoms with Crippen LogP contribution in [-0.4, -0.2) is 109 Å². The molecule has 6 aromatic rings. The van der Waals surface area contributed by atoms with Gasteiger partial charge in [-0.25, -0.2) is 13.2 Å². The van der Waals surface area contributed by atoms with Crippen LogP contribution in [0, 0.1) is 18.5 Å². The van der Waals surface area contributed by atoms with Crippen molar-refractivity contribution in [2.75, 3.05) is 73.2 Å². The number of nitrogens with zero attached hydrogens (tertiary/aromatic N) is 5. The van der Waals surface area contributed by atoms with E-state index in [9.17, 15) is 41.3 Å². The third-order valence-corrected chi connectivity index (χ3v) is 22.1. The molecule has 0 saturated carbocycles. The second-order valence-corrected chi connectivity index (χ2v) is 27.5. The monoisotopic (exact) mass is 1170 g/mol. The molecule has 13 nitrogen and oxygen atoms in total. The van der Waals surface area contributed by atoms with Crippen LogP contribution in [0.1, 0.15) is 79.3 Å². The zero-order chi connectivity index (χ0) is 56.2. The zero-order valence-corrected chi connectivity index (χ0v) is 48.3. The van der Waals surface area contributed by atoms with Gasteiger partial charge in [0.1, 0.15) is 0 Å². The van der Waals surface area contributed by atoms with Crippen molar-refractivity contribution in [2.45, 2.75) is 85.9 Å². The van der Waals surface area contributed by atoms with E-state index in [0.29, 0.717) is 83.9 Å². The van der Waals surface area contributed by atoms with Crippen LogP contribution in [0.25, 0.3) is 22.4 Å². The molecule has 3 saturated heterocycles. The molecule has 3 atom stereocenters. The number of benzene rings is 5. The molecule has 4 heterocycles. The maximum absolute atomic E-state index is 15.3. The van der Waals surface area contributed by atoms with Crippen molar-refractivity contribution >= 4 is 76.7 Å². The van der Waals surface area contributed by atoms with Crippen LogP contribution in [0.5, 0.6) is 0 Å². The van der Waals surface area contributed by atoms with E-state index in [-0.39, 0.29) is 43.5 Å². The summed E-state index contributed by atoms with van der Waals surface area (Å²) in [7, 11) is -10.3. The summed E-state index contributed by atoms with van der Waals surface area (Å²) in [4.78, 5) is 20.3. The molecule has 0 radical (unpaired) electrons. The SMILES string of the molecule is Cc1c(C(=O)O)c(-c2cccc(N3CCN(c4ccc([C@H]5CCN(O)P5(=O)c5ccc(N[C@H](CCN6CCC(CC#P=O)CC6)CSc6ccccc6)c(S(=O)(=O)C(F)(F)F)c5)cc4)CC3)c2)c(-c2ccc(Cl)cc2)n1C(C)C. The van der Waals surface area contributed by atoms with Gasteiger partial charge in [-0.15, -0.1) is 4.83 Å². The number of halogens is 4. The number of carboxylic acids is 1. The predicted octanol–water partition coefficient (Wildman–Crippen LogP) is 13.7. The number of sulfone groups is 1. The fourth-order valence-corrected chi connectivity index (χ4v) is 16.9. The van der Waals surface area contributed by atoms with Gasteiger partial charge in [-0.3, -0.25) is 4.57 Å². The molecular formula is C58H64ClF3N6O7P2S2. The minimum Gasteiger partial charge on any atom is -0.341 e. The first-order valence-corrected chi connectivity index (χ1v) is 31.9. The summed E-state index contributed by atoms with van der Waals surface area (Å²) in [5.41, 5.74) is 2.45. The average Bonchev–Trinajstić information content (AvgIpc) is 4.21. The number of aromatic nitrogens is 1. The van der Waals surface area contributed by atoms with Crippen molar-refractivity contribution in [3.63, 3.8) is 0 Å². The number of hydrogen-bond donors (Lipinski definition) is 3. The number of aromatic carboxylic acids is 1. The number of carbonyl (C=O) groups is 1. The number of piperazine rings is 1. The second kappa shape index (κ2) is 24.9. The minimum atomic E-state index is -5.99. The average molecular weight is 1180 g/mol. The van der Waals surface area contributed by atoms with Crippen LogP contribution in [0.4, 0.5) is 30.2 Å². The Labute approximate surface area is 470 Å². The van der Waals surface area contributed by atoms with Gasteiger partial charge in [0, 0.05) is 71.7 Å². The van der Waals surface area contributed by atoms with Crippen molar-refractivity contribution in [3.8, 4) is 28.0 Å². The van der Waals surface area contributed by atoms with E-state index in [4.69, 9.17) is 11.6 Å². The second-order valence-electron chi connectivity index (χ2n) is 20.7. The molecule has 9 rings (SSSR count). The van der Waals surface area contributed by atoms with Gasteiger partial charge in [0.15, 0.2) is 0 Å². The Morgan fingerprint density at radius 1 is 0.848 bits per heavy atom. The van der Waals surface area contributed by atoms with Gasteiger partial charge in [-0.05, 0) is 105 Å². The summed E-state index contributed by atoms with van der Waals surface area (Å²) < 4.78 is 99.4. The number of thioether (sulfide) groups is 1. The Bertz CT molecular complexity index is 3430. The standard InChI is InChI=1S/C58H64ClF3N6O7P2S2/c1-39(2)68-40(3)54(57(69)70)55(56(68)43-12-16-45(59)17-13-43)44-8-7-9-48(36-44)66-33-31-65(32-34-66)47-18-14-42(15-19-47)52-25-30-67(71)77(52,73)49-20-21-51(53(37-49)79(74,75)58(60,61)62)63-46(38-78-50-10-5-4-6-11-50)24-29-64-27-22-41(23-28-64)26-35-76-72/h4-21,36-37,39,41,46,52,63,71H,22-34,38H2,1-3H3,(H,69,70)/t46-,52-,77?/m1/s1. The molecule has 21 heteroatoms. The molecule has 0 bridgehead atoms. The van der Waals surface area contributed by atoms with Gasteiger partial charge in [-0.1, -0.05) is 66.2 Å². The van der Waals surface area contributed by atoms with Crippen molar-refractivity contribution < 1.29 is 45.8 Å². The number of piperidine rings is 1. The van der Waals surface area contributed by atoms with Crippen LogP contribution >= 0.6 is 38.6 Å². The predicted molar refractivity (Wildman–Crippen MR) is 311 cm³/mol. The molecule has 3 aliphatic heterocycles. The van der Waals surface area contributed by atoms with E-state index in [0.717, 1.165) is 65.1 Å². The van der Waals surface area contributed by atoms with Gasteiger partial charge in [0.05, 0.1) is 16.9 Å². The molecule has 3 N–H and O–H groups in total. The molecular weight excluding hydrogens is 1110 g/mol. The molecule has 5 aromatic carbocycles. The van der Waals surface area contributed by atoms with E-state index >= 15 is 4.57 Å². The van der Waals surface area contributed by atoms with Gasteiger partial charge in [0.2, 0.25) is 7.29 Å². The molecule has 0 spiro atoms. The van der Waals surface area contributed by atoms with Gasteiger partial charge < -0.3 is 24.7 Å². The van der Waals surface area contributed by atoms with E-state index in [1.54, 1.807) is 12.1 Å². The van der Waals surface area contributed by atoms with Crippen LogP contribution < -0.4 is 20.4 Å². The number of anilines is 3. The van der Waals surface area contributed by atoms with E-state index in [2.05, 4.69) is 30.2 Å². The zero-order valence-electron chi connectivity index (χ0n) is 44.2. The molecule has 0 aliphatic carbocycles. The summed E-state index contributed by atoms with van der Waals surface area (Å²) in [6, 6.07) is 35.3. The number of alkyl halides is 3. The minimum absolute atomic E-state index is 0.0263. The molecule has 3 fully saturated rings. The number of carboxylic acid groups (broad SMARTS) is 1. The third-order valence-electron chi connectivity index (χ3n) is 15.5. The van der Waals surface area contributed by atoms with Crippen molar-refractivity contribution in [1.29, 1.82) is 0 Å².